The molecule has 0 spiro atoms. The predicted octanol–water partition coefficient (Wildman–Crippen LogP) is 3.40. The third kappa shape index (κ3) is 4.19. The van der Waals surface area contributed by atoms with Crippen LogP contribution in [0.3, 0.4) is 0 Å². The summed E-state index contributed by atoms with van der Waals surface area (Å²) < 4.78 is 0. The van der Waals surface area contributed by atoms with E-state index >= 15 is 0 Å². The molecular formula is C15H23N. The van der Waals surface area contributed by atoms with Crippen molar-refractivity contribution in [2.45, 2.75) is 39.2 Å². The van der Waals surface area contributed by atoms with Crippen LogP contribution in [0.15, 0.2) is 30.9 Å². The minimum atomic E-state index is 0.555. The molecule has 0 heterocycles. The second kappa shape index (κ2) is 6.49. The summed E-state index contributed by atoms with van der Waals surface area (Å²) in [7, 11) is 2.04. The van der Waals surface area contributed by atoms with Crippen LogP contribution in [-0.4, -0.2) is 13.1 Å². The molecule has 0 aliphatic carbocycles. The van der Waals surface area contributed by atoms with Crippen LogP contribution >= 0.6 is 0 Å². The fourth-order valence-electron chi connectivity index (χ4n) is 2.14. The summed E-state index contributed by atoms with van der Waals surface area (Å²) in [5.74, 6) is 0. The smallest absolute Gasteiger partial charge is 0.0107 e. The fourth-order valence-corrected chi connectivity index (χ4v) is 2.14. The number of likely N-dealkylation sites (N-methyl/N-ethyl adjacent to an activating group) is 1. The maximum absolute atomic E-state index is 3.77. The molecule has 1 aromatic rings. The highest BCUT2D eigenvalue weighted by Gasteiger charge is 2.06. The van der Waals surface area contributed by atoms with E-state index in [1.54, 1.807) is 0 Å². The van der Waals surface area contributed by atoms with Gasteiger partial charge in [0.2, 0.25) is 0 Å². The van der Waals surface area contributed by atoms with Crippen molar-refractivity contribution in [3.63, 3.8) is 0 Å². The molecule has 0 saturated heterocycles. The molecule has 1 nitrogen and oxygen atoms in total. The van der Waals surface area contributed by atoms with Crippen LogP contribution in [0.25, 0.3) is 0 Å². The van der Waals surface area contributed by atoms with Crippen molar-refractivity contribution in [3.05, 3.63) is 47.5 Å². The Morgan fingerprint density at radius 3 is 2.38 bits per heavy atom. The number of allylic oxidation sites excluding steroid dienone is 1. The molecule has 1 N–H and O–H groups in total. The Bertz CT molecular complexity index is 321. The fraction of sp³-hybridized carbons (Fsp3) is 0.467. The van der Waals surface area contributed by atoms with E-state index < -0.39 is 0 Å². The standard InChI is InChI=1S/C15H23N/c1-5-6-7-15(16-4)11-14-9-12(2)8-13(3)10-14/h5,8-10,15-16H,1,6-7,11H2,2-4H3. The number of benzene rings is 1. The van der Waals surface area contributed by atoms with Crippen LogP contribution in [0.1, 0.15) is 29.5 Å². The maximum atomic E-state index is 3.77. The van der Waals surface area contributed by atoms with E-state index in [4.69, 9.17) is 0 Å². The Balaban J connectivity index is 2.65. The number of nitrogens with one attached hydrogen (secondary N) is 1. The Morgan fingerprint density at radius 2 is 1.88 bits per heavy atom. The van der Waals surface area contributed by atoms with Gasteiger partial charge in [-0.25, -0.2) is 0 Å². The van der Waals surface area contributed by atoms with E-state index in [2.05, 4.69) is 43.9 Å². The zero-order valence-electron chi connectivity index (χ0n) is 10.7. The lowest BCUT2D eigenvalue weighted by Crippen LogP contribution is -2.27. The summed E-state index contributed by atoms with van der Waals surface area (Å²) in [6.45, 7) is 8.10. The Hall–Kier alpha value is -1.08. The number of hydrogen-bond acceptors (Lipinski definition) is 1. The van der Waals surface area contributed by atoms with E-state index in [0.29, 0.717) is 6.04 Å². The Kier molecular flexibility index (Phi) is 5.27. The van der Waals surface area contributed by atoms with E-state index in [0.717, 1.165) is 19.3 Å². The average Bonchev–Trinajstić information content (AvgIpc) is 2.22. The molecule has 1 heteroatoms. The third-order valence-corrected chi connectivity index (χ3v) is 2.89. The summed E-state index contributed by atoms with van der Waals surface area (Å²) in [6, 6.07) is 7.34. The van der Waals surface area contributed by atoms with Crippen LogP contribution in [0, 0.1) is 13.8 Å². The minimum absolute atomic E-state index is 0.555. The van der Waals surface area contributed by atoms with Crippen molar-refractivity contribution in [2.75, 3.05) is 7.05 Å². The van der Waals surface area contributed by atoms with Gasteiger partial charge in [0.1, 0.15) is 0 Å². The Morgan fingerprint density at radius 1 is 1.25 bits per heavy atom. The zero-order chi connectivity index (χ0) is 12.0. The van der Waals surface area contributed by atoms with Gasteiger partial charge in [0.05, 0.1) is 0 Å². The summed E-state index contributed by atoms with van der Waals surface area (Å²) in [5.41, 5.74) is 4.14. The van der Waals surface area contributed by atoms with Crippen molar-refractivity contribution in [3.8, 4) is 0 Å². The molecule has 16 heavy (non-hydrogen) atoms. The van der Waals surface area contributed by atoms with Gasteiger partial charge >= 0.3 is 0 Å². The first-order valence-corrected chi connectivity index (χ1v) is 6.01. The van der Waals surface area contributed by atoms with Gasteiger partial charge in [-0.1, -0.05) is 35.4 Å². The van der Waals surface area contributed by atoms with Gasteiger partial charge in [0.15, 0.2) is 0 Å². The molecule has 0 bridgehead atoms. The van der Waals surface area contributed by atoms with Gasteiger partial charge in [0.25, 0.3) is 0 Å². The molecule has 1 aromatic carbocycles. The van der Waals surface area contributed by atoms with Crippen LogP contribution in [0.2, 0.25) is 0 Å². The van der Waals surface area contributed by atoms with Crippen LogP contribution in [0.5, 0.6) is 0 Å². The van der Waals surface area contributed by atoms with Crippen molar-refractivity contribution < 1.29 is 0 Å². The summed E-state index contributed by atoms with van der Waals surface area (Å²) in [5, 5.41) is 3.38. The van der Waals surface area contributed by atoms with Crippen molar-refractivity contribution in [2.24, 2.45) is 0 Å². The molecule has 0 aliphatic rings. The lowest BCUT2D eigenvalue weighted by Gasteiger charge is -2.16. The van der Waals surface area contributed by atoms with Gasteiger partial charge in [-0.05, 0) is 45.7 Å². The first-order valence-electron chi connectivity index (χ1n) is 6.01. The lowest BCUT2D eigenvalue weighted by atomic mass is 9.99. The molecule has 0 aromatic heterocycles. The number of hydrogen-bond donors (Lipinski definition) is 1. The molecule has 1 rings (SSSR count). The third-order valence-electron chi connectivity index (χ3n) is 2.89. The first kappa shape index (κ1) is 13.0. The monoisotopic (exact) mass is 217 g/mol. The topological polar surface area (TPSA) is 12.0 Å². The highest BCUT2D eigenvalue weighted by molar-refractivity contribution is 5.29. The summed E-state index contributed by atoms with van der Waals surface area (Å²) in [4.78, 5) is 0. The maximum Gasteiger partial charge on any atom is 0.0107 e. The Labute approximate surface area is 99.6 Å². The van der Waals surface area contributed by atoms with Crippen LogP contribution in [-0.2, 0) is 6.42 Å². The molecular weight excluding hydrogens is 194 g/mol. The number of aryl methyl sites for hydroxylation is 2. The van der Waals surface area contributed by atoms with Gasteiger partial charge in [-0.3, -0.25) is 0 Å². The van der Waals surface area contributed by atoms with E-state index in [-0.39, 0.29) is 0 Å². The van der Waals surface area contributed by atoms with E-state index in [9.17, 15) is 0 Å². The predicted molar refractivity (Wildman–Crippen MR) is 71.9 cm³/mol. The highest BCUT2D eigenvalue weighted by Crippen LogP contribution is 2.12. The second-order valence-electron chi connectivity index (χ2n) is 4.55. The minimum Gasteiger partial charge on any atom is -0.317 e. The second-order valence-corrected chi connectivity index (χ2v) is 4.55. The molecule has 0 aliphatic heterocycles. The van der Waals surface area contributed by atoms with E-state index in [1.165, 1.54) is 16.7 Å². The quantitative estimate of drug-likeness (QED) is 0.720. The molecule has 88 valence electrons. The summed E-state index contributed by atoms with van der Waals surface area (Å²) in [6.07, 6.45) is 5.34. The zero-order valence-corrected chi connectivity index (χ0v) is 10.7. The van der Waals surface area contributed by atoms with Crippen LogP contribution in [0.4, 0.5) is 0 Å². The highest BCUT2D eigenvalue weighted by atomic mass is 14.9. The van der Waals surface area contributed by atoms with E-state index in [1.807, 2.05) is 13.1 Å². The normalized spacial score (nSPS) is 12.4. The van der Waals surface area contributed by atoms with Crippen molar-refractivity contribution in [1.82, 2.24) is 5.32 Å². The first-order chi connectivity index (χ1) is 7.65. The molecule has 1 atom stereocenters. The molecule has 0 radical (unpaired) electrons. The van der Waals surface area contributed by atoms with Gasteiger partial charge < -0.3 is 5.32 Å². The van der Waals surface area contributed by atoms with Gasteiger partial charge in [-0.15, -0.1) is 6.58 Å². The molecule has 0 saturated carbocycles. The van der Waals surface area contributed by atoms with Crippen molar-refractivity contribution >= 4 is 0 Å². The average molecular weight is 217 g/mol. The number of rotatable bonds is 6. The molecule has 0 amide bonds. The van der Waals surface area contributed by atoms with Gasteiger partial charge in [0, 0.05) is 6.04 Å². The van der Waals surface area contributed by atoms with Crippen LogP contribution < -0.4 is 5.32 Å². The summed E-state index contributed by atoms with van der Waals surface area (Å²) >= 11 is 0. The molecule has 1 unspecified atom stereocenters. The largest absolute Gasteiger partial charge is 0.317 e. The van der Waals surface area contributed by atoms with Gasteiger partial charge in [-0.2, -0.15) is 0 Å². The lowest BCUT2D eigenvalue weighted by molar-refractivity contribution is 0.524. The molecule has 0 fully saturated rings. The SMILES string of the molecule is C=CCCC(Cc1cc(C)cc(C)c1)NC. The van der Waals surface area contributed by atoms with Crippen molar-refractivity contribution in [1.29, 1.82) is 0 Å².